The summed E-state index contributed by atoms with van der Waals surface area (Å²) >= 11 is 0.631. The summed E-state index contributed by atoms with van der Waals surface area (Å²) in [5, 5.41) is 2.09. The minimum atomic E-state index is -4.11. The second kappa shape index (κ2) is 9.92. The van der Waals surface area contributed by atoms with Gasteiger partial charge in [0.15, 0.2) is 0 Å². The van der Waals surface area contributed by atoms with Crippen molar-refractivity contribution in [2.24, 2.45) is 0 Å². The highest BCUT2D eigenvalue weighted by Gasteiger charge is 2.33. The highest BCUT2D eigenvalue weighted by Crippen LogP contribution is 2.39. The molecule has 0 aliphatic carbocycles. The molecular weight excluding hydrogens is 456 g/mol. The van der Waals surface area contributed by atoms with E-state index >= 15 is 0 Å². The number of imide groups is 1. The molecule has 2 aliphatic heterocycles. The first-order valence-corrected chi connectivity index (χ1v) is 12.5. The maximum atomic E-state index is 12.9. The lowest BCUT2D eigenvalue weighted by molar-refractivity contribution is -0.122. The summed E-state index contributed by atoms with van der Waals surface area (Å²) in [5.74, 6) is -0.0678. The second-order valence-electron chi connectivity index (χ2n) is 7.38. The fourth-order valence-electron chi connectivity index (χ4n) is 3.80. The summed E-state index contributed by atoms with van der Waals surface area (Å²) in [6, 6.07) is 2.29. The van der Waals surface area contributed by atoms with Crippen LogP contribution in [0.5, 0.6) is 5.75 Å². The number of amides is 4. The van der Waals surface area contributed by atoms with Crippen LogP contribution in [-0.2, 0) is 21.2 Å². The van der Waals surface area contributed by atoms with Gasteiger partial charge in [-0.25, -0.2) is 17.9 Å². The van der Waals surface area contributed by atoms with Gasteiger partial charge in [0.25, 0.3) is 15.9 Å². The Morgan fingerprint density at radius 1 is 1.34 bits per heavy atom. The summed E-state index contributed by atoms with van der Waals surface area (Å²) in [6.45, 7) is 4.25. The third kappa shape index (κ3) is 5.08. The fourth-order valence-corrected chi connectivity index (χ4v) is 5.64. The SMILES string of the molecule is CCc1cc2c(cc1S(=O)(=O)NC(=O)SNC)C(C(C)NC(=O)N1CC=CC1=O)CCO2. The zero-order valence-electron chi connectivity index (χ0n) is 18.0. The number of carbonyl (C=O) groups is 3. The van der Waals surface area contributed by atoms with E-state index in [1.807, 2.05) is 11.6 Å². The summed E-state index contributed by atoms with van der Waals surface area (Å²) < 4.78 is 36.2. The van der Waals surface area contributed by atoms with E-state index in [2.05, 4.69) is 10.0 Å². The van der Waals surface area contributed by atoms with Crippen molar-refractivity contribution in [3.05, 3.63) is 35.4 Å². The van der Waals surface area contributed by atoms with Crippen LogP contribution in [0, 0.1) is 0 Å². The van der Waals surface area contributed by atoms with Crippen molar-refractivity contribution in [3.63, 3.8) is 0 Å². The number of ether oxygens (including phenoxy) is 1. The summed E-state index contributed by atoms with van der Waals surface area (Å²) in [5.41, 5.74) is 1.14. The molecule has 2 aliphatic rings. The molecule has 0 fully saturated rings. The van der Waals surface area contributed by atoms with Crippen LogP contribution in [0.15, 0.2) is 29.2 Å². The van der Waals surface area contributed by atoms with Gasteiger partial charge in [0.1, 0.15) is 5.75 Å². The minimum absolute atomic E-state index is 0.00301. The van der Waals surface area contributed by atoms with E-state index in [1.54, 1.807) is 19.1 Å². The molecule has 3 rings (SSSR count). The number of carbonyl (C=O) groups excluding carboxylic acids is 3. The molecule has 3 N–H and O–H groups in total. The Labute approximate surface area is 191 Å². The Morgan fingerprint density at radius 3 is 2.72 bits per heavy atom. The number of hydrogen-bond acceptors (Lipinski definition) is 8. The van der Waals surface area contributed by atoms with E-state index in [4.69, 9.17) is 4.74 Å². The maximum absolute atomic E-state index is 12.9. The van der Waals surface area contributed by atoms with Crippen molar-refractivity contribution in [2.45, 2.75) is 43.5 Å². The van der Waals surface area contributed by atoms with Gasteiger partial charge in [-0.05, 0) is 44.5 Å². The molecule has 12 heteroatoms. The van der Waals surface area contributed by atoms with Crippen molar-refractivity contribution in [2.75, 3.05) is 20.2 Å². The smallest absolute Gasteiger partial charge is 0.324 e. The zero-order chi connectivity index (χ0) is 23.5. The standard InChI is InChI=1S/C20H26N4O6S2/c1-4-13-10-16-15(11-17(13)32(28,29)23-20(27)31-21-3)14(7-9-30-16)12(2)22-19(26)24-8-5-6-18(24)25/h5-6,10-12,14,21H,4,7-9H2,1-3H3,(H,22,26)(H,23,27). The van der Waals surface area contributed by atoms with Gasteiger partial charge < -0.3 is 10.1 Å². The minimum Gasteiger partial charge on any atom is -0.493 e. The van der Waals surface area contributed by atoms with Crippen LogP contribution in [0.1, 0.15) is 37.3 Å². The molecule has 0 radical (unpaired) electrons. The zero-order valence-corrected chi connectivity index (χ0v) is 19.6. The van der Waals surface area contributed by atoms with Crippen LogP contribution in [0.3, 0.4) is 0 Å². The van der Waals surface area contributed by atoms with Gasteiger partial charge in [0.2, 0.25) is 0 Å². The molecule has 0 saturated heterocycles. The van der Waals surface area contributed by atoms with E-state index in [-0.39, 0.29) is 23.3 Å². The van der Waals surface area contributed by atoms with E-state index in [0.29, 0.717) is 48.3 Å². The molecule has 2 unspecified atom stereocenters. The van der Waals surface area contributed by atoms with Gasteiger partial charge in [0.05, 0.1) is 11.5 Å². The molecule has 1 aromatic rings. The summed E-state index contributed by atoms with van der Waals surface area (Å²) in [7, 11) is -2.60. The van der Waals surface area contributed by atoms with Crippen molar-refractivity contribution in [1.82, 2.24) is 19.7 Å². The lowest BCUT2D eigenvalue weighted by Gasteiger charge is -2.32. The normalized spacial score (nSPS) is 18.7. The van der Waals surface area contributed by atoms with Crippen molar-refractivity contribution >= 4 is 39.1 Å². The molecule has 32 heavy (non-hydrogen) atoms. The Bertz CT molecular complexity index is 1060. The Kier molecular flexibility index (Phi) is 7.47. The first-order valence-electron chi connectivity index (χ1n) is 10.2. The largest absolute Gasteiger partial charge is 0.493 e. The van der Waals surface area contributed by atoms with Gasteiger partial charge in [0, 0.05) is 42.1 Å². The Balaban J connectivity index is 1.90. The predicted molar refractivity (Wildman–Crippen MR) is 120 cm³/mol. The van der Waals surface area contributed by atoms with Gasteiger partial charge in [-0.15, -0.1) is 0 Å². The van der Waals surface area contributed by atoms with Gasteiger partial charge in [-0.1, -0.05) is 13.0 Å². The highest BCUT2D eigenvalue weighted by atomic mass is 32.2. The number of rotatable bonds is 6. The number of fused-ring (bicyclic) bond motifs is 1. The number of benzene rings is 1. The van der Waals surface area contributed by atoms with Gasteiger partial charge >= 0.3 is 11.3 Å². The highest BCUT2D eigenvalue weighted by molar-refractivity contribution is 8.13. The Morgan fingerprint density at radius 2 is 2.09 bits per heavy atom. The number of aryl methyl sites for hydroxylation is 1. The molecule has 0 aromatic heterocycles. The van der Waals surface area contributed by atoms with Crippen LogP contribution >= 0.6 is 11.9 Å². The summed E-state index contributed by atoms with van der Waals surface area (Å²) in [6.07, 6.45) is 3.92. The molecule has 1 aromatic carbocycles. The average Bonchev–Trinajstić information content (AvgIpc) is 3.17. The number of sulfonamides is 1. The lowest BCUT2D eigenvalue weighted by atomic mass is 9.86. The maximum Gasteiger partial charge on any atom is 0.324 e. The third-order valence-electron chi connectivity index (χ3n) is 5.38. The molecule has 0 saturated carbocycles. The third-order valence-corrected chi connectivity index (χ3v) is 7.41. The first kappa shape index (κ1) is 24.1. The number of nitrogens with zero attached hydrogens (tertiary/aromatic N) is 1. The predicted octanol–water partition coefficient (Wildman–Crippen LogP) is 1.88. The van der Waals surface area contributed by atoms with E-state index in [0.717, 1.165) is 4.90 Å². The van der Waals surface area contributed by atoms with Crippen molar-refractivity contribution < 1.29 is 27.5 Å². The van der Waals surface area contributed by atoms with Gasteiger partial charge in [-0.2, -0.15) is 0 Å². The topological polar surface area (TPSA) is 134 Å². The lowest BCUT2D eigenvalue weighted by Crippen LogP contribution is -2.47. The first-order chi connectivity index (χ1) is 15.2. The molecular formula is C20H26N4O6S2. The molecule has 10 nitrogen and oxygen atoms in total. The van der Waals surface area contributed by atoms with Crippen LogP contribution in [0.2, 0.25) is 0 Å². The average molecular weight is 483 g/mol. The second-order valence-corrected chi connectivity index (χ2v) is 10.0. The summed E-state index contributed by atoms with van der Waals surface area (Å²) in [4.78, 5) is 37.2. The molecule has 4 amide bonds. The van der Waals surface area contributed by atoms with Crippen LogP contribution < -0.4 is 19.5 Å². The van der Waals surface area contributed by atoms with Gasteiger partial charge in [-0.3, -0.25) is 19.2 Å². The Hall–Kier alpha value is -2.57. The molecule has 2 heterocycles. The van der Waals surface area contributed by atoms with E-state index < -0.39 is 27.3 Å². The quantitative estimate of drug-likeness (QED) is 0.523. The fraction of sp³-hybridized carbons (Fsp3) is 0.450. The number of hydrogen-bond donors (Lipinski definition) is 3. The van der Waals surface area contributed by atoms with E-state index in [9.17, 15) is 22.8 Å². The van der Waals surface area contributed by atoms with E-state index in [1.165, 1.54) is 19.2 Å². The molecule has 0 spiro atoms. The molecule has 0 bridgehead atoms. The monoisotopic (exact) mass is 482 g/mol. The van der Waals surface area contributed by atoms with Crippen molar-refractivity contribution in [3.8, 4) is 5.75 Å². The number of urea groups is 1. The number of nitrogens with one attached hydrogen (secondary N) is 3. The van der Waals surface area contributed by atoms with Crippen LogP contribution in [0.4, 0.5) is 9.59 Å². The molecule has 174 valence electrons. The van der Waals surface area contributed by atoms with Crippen LogP contribution in [-0.4, -0.2) is 56.7 Å². The van der Waals surface area contributed by atoms with Crippen LogP contribution in [0.25, 0.3) is 0 Å². The molecule has 2 atom stereocenters. The van der Waals surface area contributed by atoms with Crippen molar-refractivity contribution in [1.29, 1.82) is 0 Å².